The van der Waals surface area contributed by atoms with E-state index in [0.29, 0.717) is 11.7 Å². The largest absolute Gasteiger partial charge is 0.466 e. The van der Waals surface area contributed by atoms with Gasteiger partial charge in [0.15, 0.2) is 0 Å². The third-order valence-electron chi connectivity index (χ3n) is 7.35. The average Bonchev–Trinajstić information content (AvgIpc) is 3.31. The minimum absolute atomic E-state index is 0.0472. The summed E-state index contributed by atoms with van der Waals surface area (Å²) in [5.74, 6) is 0.238. The van der Waals surface area contributed by atoms with Crippen LogP contribution in [0.3, 0.4) is 0 Å². The second kappa shape index (κ2) is 11.4. The molecule has 1 fully saturated rings. The van der Waals surface area contributed by atoms with Crippen molar-refractivity contribution < 1.29 is 4.74 Å². The zero-order valence-electron chi connectivity index (χ0n) is 23.2. The summed E-state index contributed by atoms with van der Waals surface area (Å²) in [5.41, 5.74) is 6.83. The van der Waals surface area contributed by atoms with Crippen molar-refractivity contribution in [1.82, 2.24) is 10.6 Å². The maximum absolute atomic E-state index is 6.17. The van der Waals surface area contributed by atoms with Gasteiger partial charge in [-0.05, 0) is 50.9 Å². The lowest BCUT2D eigenvalue weighted by Crippen LogP contribution is -2.30. The molecule has 4 heteroatoms. The van der Waals surface area contributed by atoms with Gasteiger partial charge in [0.1, 0.15) is 6.10 Å². The Bertz CT molecular complexity index is 1100. The number of hydrogen-bond acceptors (Lipinski definition) is 3. The molecule has 1 saturated heterocycles. The van der Waals surface area contributed by atoms with Crippen molar-refractivity contribution in [3.8, 4) is 0 Å². The Morgan fingerprint density at radius 3 is 1.84 bits per heavy atom. The Balaban J connectivity index is 1.50. The van der Waals surface area contributed by atoms with Crippen LogP contribution >= 0.6 is 12.2 Å². The fourth-order valence-electron chi connectivity index (χ4n) is 5.08. The van der Waals surface area contributed by atoms with Crippen LogP contribution < -0.4 is 10.6 Å². The standard InChI is InChI=1S/C33H42N2OS/c1-32(2,3)26-16-12-24(13-17-26)30(25-14-18-27(19-15-25)33(4,5)6)29-20-28(22-34-29)36-31(37)35-21-23-10-8-7-9-11-23/h7-19,28-30,34H,20-22H2,1-6H3,(H,35,37)/t28-,29?/m1/s1. The molecule has 0 spiro atoms. The van der Waals surface area contributed by atoms with Gasteiger partial charge in [0, 0.05) is 31.5 Å². The van der Waals surface area contributed by atoms with Gasteiger partial charge in [0.05, 0.1) is 0 Å². The van der Waals surface area contributed by atoms with Gasteiger partial charge in [-0.15, -0.1) is 0 Å². The van der Waals surface area contributed by atoms with E-state index >= 15 is 0 Å². The van der Waals surface area contributed by atoms with Crippen molar-refractivity contribution in [2.24, 2.45) is 0 Å². The molecule has 0 aliphatic carbocycles. The number of ether oxygens (including phenoxy) is 1. The third-order valence-corrected chi connectivity index (χ3v) is 7.59. The molecule has 0 aromatic heterocycles. The van der Waals surface area contributed by atoms with Crippen LogP contribution in [0.4, 0.5) is 0 Å². The summed E-state index contributed by atoms with van der Waals surface area (Å²) in [6, 6.07) is 28.9. The summed E-state index contributed by atoms with van der Waals surface area (Å²) in [6.45, 7) is 15.0. The highest BCUT2D eigenvalue weighted by molar-refractivity contribution is 7.80. The van der Waals surface area contributed by atoms with Crippen LogP contribution in [0.1, 0.15) is 81.7 Å². The highest BCUT2D eigenvalue weighted by atomic mass is 32.1. The zero-order valence-corrected chi connectivity index (χ0v) is 24.0. The van der Waals surface area contributed by atoms with Crippen LogP contribution in [-0.4, -0.2) is 23.9 Å². The topological polar surface area (TPSA) is 33.3 Å². The number of hydrogen-bond donors (Lipinski definition) is 2. The molecule has 0 saturated carbocycles. The first-order valence-electron chi connectivity index (χ1n) is 13.4. The molecule has 2 N–H and O–H groups in total. The SMILES string of the molecule is CC(C)(C)c1ccc(C(c2ccc(C(C)(C)C)cc2)C2C[C@@H](OC(=S)NCc3ccccc3)CN2)cc1. The van der Waals surface area contributed by atoms with Gasteiger partial charge in [-0.1, -0.05) is 120 Å². The lowest BCUT2D eigenvalue weighted by atomic mass is 9.80. The number of nitrogens with one attached hydrogen (secondary N) is 2. The monoisotopic (exact) mass is 514 g/mol. The normalized spacial score (nSPS) is 18.1. The molecule has 196 valence electrons. The minimum atomic E-state index is 0.0472. The maximum Gasteiger partial charge on any atom is 0.257 e. The van der Waals surface area contributed by atoms with E-state index in [2.05, 4.69) is 113 Å². The molecular weight excluding hydrogens is 472 g/mol. The first-order chi connectivity index (χ1) is 17.5. The van der Waals surface area contributed by atoms with E-state index in [9.17, 15) is 0 Å². The Kier molecular flexibility index (Phi) is 8.40. The van der Waals surface area contributed by atoms with Gasteiger partial charge in [0.2, 0.25) is 0 Å². The summed E-state index contributed by atoms with van der Waals surface area (Å²) in [5, 5.41) is 7.48. The van der Waals surface area contributed by atoms with E-state index in [0.717, 1.165) is 13.0 Å². The Morgan fingerprint density at radius 2 is 1.35 bits per heavy atom. The number of rotatable bonds is 6. The molecule has 3 aromatic carbocycles. The van der Waals surface area contributed by atoms with E-state index in [4.69, 9.17) is 17.0 Å². The van der Waals surface area contributed by atoms with Crippen LogP contribution in [0.5, 0.6) is 0 Å². The highest BCUT2D eigenvalue weighted by Crippen LogP contribution is 2.35. The molecule has 1 aliphatic rings. The second-order valence-electron chi connectivity index (χ2n) is 12.3. The molecule has 2 atom stereocenters. The number of benzene rings is 3. The highest BCUT2D eigenvalue weighted by Gasteiger charge is 2.34. The van der Waals surface area contributed by atoms with Crippen LogP contribution in [-0.2, 0) is 22.1 Å². The van der Waals surface area contributed by atoms with Crippen LogP contribution in [0, 0.1) is 0 Å². The summed E-state index contributed by atoms with van der Waals surface area (Å²) < 4.78 is 6.17. The first kappa shape index (κ1) is 27.3. The van der Waals surface area contributed by atoms with Gasteiger partial charge < -0.3 is 15.4 Å². The third kappa shape index (κ3) is 7.21. The second-order valence-corrected chi connectivity index (χ2v) is 12.7. The summed E-state index contributed by atoms with van der Waals surface area (Å²) in [7, 11) is 0. The Morgan fingerprint density at radius 1 is 0.838 bits per heavy atom. The van der Waals surface area contributed by atoms with Crippen LogP contribution in [0.25, 0.3) is 0 Å². The number of thiocarbonyl (C=S) groups is 1. The Labute approximate surface area is 229 Å². The molecule has 0 bridgehead atoms. The lowest BCUT2D eigenvalue weighted by Gasteiger charge is -2.27. The van der Waals surface area contributed by atoms with Crippen LogP contribution in [0.2, 0.25) is 0 Å². The van der Waals surface area contributed by atoms with Crippen molar-refractivity contribution in [3.05, 3.63) is 107 Å². The van der Waals surface area contributed by atoms with Gasteiger partial charge >= 0.3 is 0 Å². The van der Waals surface area contributed by atoms with E-state index in [1.807, 2.05) is 18.2 Å². The van der Waals surface area contributed by atoms with Gasteiger partial charge in [-0.3, -0.25) is 0 Å². The Hall–Kier alpha value is -2.69. The minimum Gasteiger partial charge on any atom is -0.466 e. The fourth-order valence-corrected chi connectivity index (χ4v) is 5.29. The van der Waals surface area contributed by atoms with E-state index in [1.54, 1.807) is 0 Å². The molecule has 1 aliphatic heterocycles. The quantitative estimate of drug-likeness (QED) is 0.340. The van der Waals surface area contributed by atoms with E-state index in [-0.39, 0.29) is 28.9 Å². The van der Waals surface area contributed by atoms with Gasteiger partial charge in [-0.2, -0.15) is 0 Å². The summed E-state index contributed by atoms with van der Waals surface area (Å²) >= 11 is 5.52. The van der Waals surface area contributed by atoms with Crippen molar-refractivity contribution in [1.29, 1.82) is 0 Å². The molecule has 0 amide bonds. The zero-order chi connectivity index (χ0) is 26.6. The summed E-state index contributed by atoms with van der Waals surface area (Å²) in [4.78, 5) is 0. The van der Waals surface area contributed by atoms with Gasteiger partial charge in [0.25, 0.3) is 5.17 Å². The first-order valence-corrected chi connectivity index (χ1v) is 13.8. The van der Waals surface area contributed by atoms with Gasteiger partial charge in [-0.25, -0.2) is 0 Å². The molecule has 0 radical (unpaired) electrons. The fraction of sp³-hybridized carbons (Fsp3) is 0.424. The molecule has 1 heterocycles. The molecular formula is C33H42N2OS. The smallest absolute Gasteiger partial charge is 0.257 e. The van der Waals surface area contributed by atoms with Crippen LogP contribution in [0.15, 0.2) is 78.9 Å². The lowest BCUT2D eigenvalue weighted by molar-refractivity contribution is 0.201. The molecule has 37 heavy (non-hydrogen) atoms. The molecule has 3 nitrogen and oxygen atoms in total. The molecule has 3 aromatic rings. The van der Waals surface area contributed by atoms with Crippen molar-refractivity contribution in [3.63, 3.8) is 0 Å². The van der Waals surface area contributed by atoms with Crippen molar-refractivity contribution in [2.45, 2.75) is 83.4 Å². The van der Waals surface area contributed by atoms with E-state index in [1.165, 1.54) is 27.8 Å². The van der Waals surface area contributed by atoms with Crippen molar-refractivity contribution >= 4 is 17.4 Å². The predicted molar refractivity (Wildman–Crippen MR) is 159 cm³/mol. The predicted octanol–water partition coefficient (Wildman–Crippen LogP) is 7.24. The maximum atomic E-state index is 6.17. The molecule has 1 unspecified atom stereocenters. The van der Waals surface area contributed by atoms with Crippen molar-refractivity contribution in [2.75, 3.05) is 6.54 Å². The summed E-state index contributed by atoms with van der Waals surface area (Å²) in [6.07, 6.45) is 0.950. The van der Waals surface area contributed by atoms with E-state index < -0.39 is 0 Å². The average molecular weight is 515 g/mol. The molecule has 4 rings (SSSR count).